The molecule has 0 spiro atoms. The predicted octanol–water partition coefficient (Wildman–Crippen LogP) is 0.103. The van der Waals surface area contributed by atoms with Crippen molar-refractivity contribution in [3.8, 4) is 0 Å². The smallest absolute Gasteiger partial charge is 0.269 e. The normalized spacial score (nSPS) is 10.2. The van der Waals surface area contributed by atoms with E-state index in [1.54, 1.807) is 13.8 Å². The number of aromatic nitrogens is 2. The number of primary amides is 1. The Morgan fingerprint density at radius 1 is 1.57 bits per heavy atom. The maximum Gasteiger partial charge on any atom is 0.269 e. The Morgan fingerprint density at radius 2 is 2.21 bits per heavy atom. The highest BCUT2D eigenvalue weighted by Crippen LogP contribution is 2.09. The molecule has 1 aromatic heterocycles. The molecule has 0 saturated carbocycles. The highest BCUT2D eigenvalue weighted by molar-refractivity contribution is 6.00. The quantitative estimate of drug-likeness (QED) is 0.639. The molecule has 1 aromatic rings. The Morgan fingerprint density at radius 3 is 2.71 bits per heavy atom. The molecule has 0 aliphatic heterocycles. The minimum absolute atomic E-state index is 0.110. The second kappa shape index (κ2) is 3.91. The van der Waals surface area contributed by atoms with Crippen LogP contribution in [-0.2, 0) is 4.79 Å². The van der Waals surface area contributed by atoms with Gasteiger partial charge in [-0.05, 0) is 0 Å². The molecule has 1 rings (SSSR count). The summed E-state index contributed by atoms with van der Waals surface area (Å²) in [4.78, 5) is 28.4. The van der Waals surface area contributed by atoms with Gasteiger partial charge in [0.15, 0.2) is 5.82 Å². The summed E-state index contributed by atoms with van der Waals surface area (Å²) in [5.41, 5.74) is 5.16. The minimum Gasteiger partial charge on any atom is -0.364 e. The largest absolute Gasteiger partial charge is 0.364 e. The molecule has 0 fully saturated rings. The number of nitrogens with one attached hydrogen (secondary N) is 2. The first-order valence-corrected chi connectivity index (χ1v) is 4.16. The van der Waals surface area contributed by atoms with Crippen LogP contribution in [0.1, 0.15) is 24.3 Å². The first-order chi connectivity index (χ1) is 6.52. The average Bonchev–Trinajstić information content (AvgIpc) is 2.52. The summed E-state index contributed by atoms with van der Waals surface area (Å²) >= 11 is 0. The Labute approximate surface area is 80.9 Å². The van der Waals surface area contributed by atoms with E-state index in [2.05, 4.69) is 15.3 Å². The molecule has 2 amide bonds. The molecule has 6 heteroatoms. The van der Waals surface area contributed by atoms with Crippen LogP contribution in [0.3, 0.4) is 0 Å². The summed E-state index contributed by atoms with van der Waals surface area (Å²) in [6.07, 6.45) is 1.30. The number of nitrogens with two attached hydrogens (primary N) is 1. The molecule has 0 aliphatic carbocycles. The lowest BCUT2D eigenvalue weighted by atomic mass is 10.2. The lowest BCUT2D eigenvalue weighted by molar-refractivity contribution is -0.118. The summed E-state index contributed by atoms with van der Waals surface area (Å²) in [5.74, 6) is -0.857. The van der Waals surface area contributed by atoms with Crippen LogP contribution >= 0.6 is 0 Å². The summed E-state index contributed by atoms with van der Waals surface area (Å²) < 4.78 is 0. The fourth-order valence-corrected chi connectivity index (χ4v) is 0.838. The number of hydrogen-bond acceptors (Lipinski definition) is 3. The topological polar surface area (TPSA) is 101 Å². The van der Waals surface area contributed by atoms with Crippen LogP contribution in [0.15, 0.2) is 6.33 Å². The van der Waals surface area contributed by atoms with E-state index in [0.29, 0.717) is 0 Å². The molecule has 4 N–H and O–H groups in total. The number of hydrogen-bond donors (Lipinski definition) is 3. The van der Waals surface area contributed by atoms with E-state index in [0.717, 1.165) is 0 Å². The Bertz CT molecular complexity index is 356. The van der Waals surface area contributed by atoms with Gasteiger partial charge in [0.25, 0.3) is 5.91 Å². The molecule has 0 aliphatic rings. The van der Waals surface area contributed by atoms with Crippen LogP contribution in [0, 0.1) is 5.92 Å². The van der Waals surface area contributed by atoms with Crippen LogP contribution in [-0.4, -0.2) is 21.8 Å². The Kier molecular flexibility index (Phi) is 2.85. The summed E-state index contributed by atoms with van der Waals surface area (Å²) in [5, 5.41) is 2.49. The highest BCUT2D eigenvalue weighted by Gasteiger charge is 2.14. The molecule has 14 heavy (non-hydrogen) atoms. The predicted molar refractivity (Wildman–Crippen MR) is 50.6 cm³/mol. The molecule has 0 unspecified atom stereocenters. The van der Waals surface area contributed by atoms with Crippen LogP contribution in [0.25, 0.3) is 0 Å². The van der Waals surface area contributed by atoms with Crippen molar-refractivity contribution in [2.45, 2.75) is 13.8 Å². The van der Waals surface area contributed by atoms with Crippen LogP contribution in [0.4, 0.5) is 5.82 Å². The van der Waals surface area contributed by atoms with E-state index in [4.69, 9.17) is 5.73 Å². The van der Waals surface area contributed by atoms with E-state index in [-0.39, 0.29) is 23.3 Å². The number of nitrogens with zero attached hydrogens (tertiary/aromatic N) is 1. The van der Waals surface area contributed by atoms with Gasteiger partial charge in [-0.25, -0.2) is 4.98 Å². The molecule has 0 saturated heterocycles. The molecule has 76 valence electrons. The van der Waals surface area contributed by atoms with Gasteiger partial charge in [0.2, 0.25) is 5.91 Å². The van der Waals surface area contributed by atoms with E-state index < -0.39 is 5.91 Å². The van der Waals surface area contributed by atoms with Crippen molar-refractivity contribution in [1.82, 2.24) is 9.97 Å². The second-order valence-corrected chi connectivity index (χ2v) is 3.13. The van der Waals surface area contributed by atoms with E-state index in [9.17, 15) is 9.59 Å². The zero-order valence-electron chi connectivity index (χ0n) is 8.00. The van der Waals surface area contributed by atoms with Gasteiger partial charge < -0.3 is 16.0 Å². The number of H-pyrrole nitrogens is 1. The standard InChI is InChI=1S/C8H12N4O2/c1-4(2)8(14)12-7-5(6(9)13)10-3-11-7/h3-4H,1-2H3,(H2,9,13)(H,10,11)(H,12,14). The zero-order valence-corrected chi connectivity index (χ0v) is 8.00. The molecule has 0 atom stereocenters. The Balaban J connectivity index is 2.82. The first-order valence-electron chi connectivity index (χ1n) is 4.16. The lowest BCUT2D eigenvalue weighted by Gasteiger charge is -2.05. The van der Waals surface area contributed by atoms with Crippen molar-refractivity contribution in [3.05, 3.63) is 12.0 Å². The van der Waals surface area contributed by atoms with Crippen LogP contribution in [0.5, 0.6) is 0 Å². The van der Waals surface area contributed by atoms with Gasteiger partial charge in [-0.3, -0.25) is 9.59 Å². The van der Waals surface area contributed by atoms with Crippen LogP contribution < -0.4 is 11.1 Å². The summed E-state index contributed by atoms with van der Waals surface area (Å²) in [6, 6.07) is 0. The van der Waals surface area contributed by atoms with Crippen molar-refractivity contribution in [3.63, 3.8) is 0 Å². The highest BCUT2D eigenvalue weighted by atomic mass is 16.2. The number of carbonyl (C=O) groups excluding carboxylic acids is 2. The third kappa shape index (κ3) is 2.09. The van der Waals surface area contributed by atoms with Crippen molar-refractivity contribution < 1.29 is 9.59 Å². The molecular weight excluding hydrogens is 184 g/mol. The van der Waals surface area contributed by atoms with Crippen molar-refractivity contribution in [1.29, 1.82) is 0 Å². The van der Waals surface area contributed by atoms with E-state index in [1.807, 2.05) is 0 Å². The zero-order chi connectivity index (χ0) is 10.7. The van der Waals surface area contributed by atoms with Gasteiger partial charge >= 0.3 is 0 Å². The third-order valence-electron chi connectivity index (χ3n) is 1.65. The summed E-state index contributed by atoms with van der Waals surface area (Å²) in [7, 11) is 0. The molecular formula is C8H12N4O2. The number of amides is 2. The van der Waals surface area contributed by atoms with Gasteiger partial charge in [0, 0.05) is 5.92 Å². The molecule has 1 heterocycles. The minimum atomic E-state index is -0.651. The van der Waals surface area contributed by atoms with Gasteiger partial charge in [-0.2, -0.15) is 0 Å². The number of aromatic amines is 1. The number of carbonyl (C=O) groups is 2. The van der Waals surface area contributed by atoms with Crippen molar-refractivity contribution >= 4 is 17.6 Å². The number of rotatable bonds is 3. The maximum atomic E-state index is 11.3. The van der Waals surface area contributed by atoms with Gasteiger partial charge in [0.1, 0.15) is 5.69 Å². The monoisotopic (exact) mass is 196 g/mol. The average molecular weight is 196 g/mol. The molecule has 6 nitrogen and oxygen atoms in total. The first kappa shape index (κ1) is 10.2. The van der Waals surface area contributed by atoms with E-state index >= 15 is 0 Å². The van der Waals surface area contributed by atoms with Crippen molar-refractivity contribution in [2.24, 2.45) is 11.7 Å². The van der Waals surface area contributed by atoms with Gasteiger partial charge in [0.05, 0.1) is 6.33 Å². The maximum absolute atomic E-state index is 11.3. The number of anilines is 1. The van der Waals surface area contributed by atoms with Crippen molar-refractivity contribution in [2.75, 3.05) is 5.32 Å². The fraction of sp³-hybridized carbons (Fsp3) is 0.375. The number of imidazole rings is 1. The fourth-order valence-electron chi connectivity index (χ4n) is 0.838. The Hall–Kier alpha value is -1.85. The van der Waals surface area contributed by atoms with Gasteiger partial charge in [-0.15, -0.1) is 0 Å². The van der Waals surface area contributed by atoms with E-state index in [1.165, 1.54) is 6.33 Å². The van der Waals surface area contributed by atoms with Gasteiger partial charge in [-0.1, -0.05) is 13.8 Å². The third-order valence-corrected chi connectivity index (χ3v) is 1.65. The molecule has 0 bridgehead atoms. The SMILES string of the molecule is CC(C)C(=O)Nc1nc[nH]c1C(N)=O. The lowest BCUT2D eigenvalue weighted by Crippen LogP contribution is -2.21. The summed E-state index contributed by atoms with van der Waals surface area (Å²) in [6.45, 7) is 3.48. The molecule has 0 aromatic carbocycles. The molecule has 0 radical (unpaired) electrons. The van der Waals surface area contributed by atoms with Crippen LogP contribution in [0.2, 0.25) is 0 Å². The second-order valence-electron chi connectivity index (χ2n) is 3.13.